The molecule has 0 amide bonds. The molecule has 0 saturated carbocycles. The van der Waals surface area contributed by atoms with Crippen LogP contribution in [0.15, 0.2) is 12.4 Å². The number of hydrogen-bond acceptors (Lipinski definition) is 3. The molecule has 0 saturated heterocycles. The van der Waals surface area contributed by atoms with Gasteiger partial charge < -0.3 is 5.73 Å². The molecule has 0 aromatic carbocycles. The lowest BCUT2D eigenvalue weighted by molar-refractivity contribution is 0.486. The summed E-state index contributed by atoms with van der Waals surface area (Å²) in [6.45, 7) is 4.31. The molecule has 0 aliphatic rings. The van der Waals surface area contributed by atoms with E-state index in [4.69, 9.17) is 17.3 Å². The van der Waals surface area contributed by atoms with E-state index in [-0.39, 0.29) is 6.04 Å². The number of rotatable bonds is 4. The standard InChI is InChI=1S/C10H16ClN3/c1-7(2)3-9(12)4-10-13-5-8(11)6-14-10/h5-7,9H,3-4,12H2,1-2H3. The molecule has 1 unspecified atom stereocenters. The van der Waals surface area contributed by atoms with Crippen LogP contribution in [0, 0.1) is 5.92 Å². The molecule has 1 heterocycles. The number of nitrogens with zero attached hydrogens (tertiary/aromatic N) is 2. The van der Waals surface area contributed by atoms with E-state index in [0.29, 0.717) is 10.9 Å². The third-order valence-electron chi connectivity index (χ3n) is 1.89. The fourth-order valence-electron chi connectivity index (χ4n) is 1.37. The lowest BCUT2D eigenvalue weighted by atomic mass is 10.0. The largest absolute Gasteiger partial charge is 0.327 e. The summed E-state index contributed by atoms with van der Waals surface area (Å²) in [5.74, 6) is 1.37. The molecule has 1 rings (SSSR count). The van der Waals surface area contributed by atoms with Crippen molar-refractivity contribution in [3.05, 3.63) is 23.2 Å². The van der Waals surface area contributed by atoms with Crippen LogP contribution >= 0.6 is 11.6 Å². The monoisotopic (exact) mass is 213 g/mol. The topological polar surface area (TPSA) is 51.8 Å². The van der Waals surface area contributed by atoms with E-state index in [1.165, 1.54) is 0 Å². The molecule has 0 aliphatic heterocycles. The predicted molar refractivity (Wildman–Crippen MR) is 58.2 cm³/mol. The van der Waals surface area contributed by atoms with E-state index in [1.807, 2.05) is 0 Å². The average molecular weight is 214 g/mol. The van der Waals surface area contributed by atoms with Crippen molar-refractivity contribution in [2.45, 2.75) is 32.7 Å². The Morgan fingerprint density at radius 1 is 1.36 bits per heavy atom. The maximum atomic E-state index is 5.93. The number of aromatic nitrogens is 2. The molecule has 1 aromatic heterocycles. The quantitative estimate of drug-likeness (QED) is 0.833. The molecule has 0 fully saturated rings. The maximum absolute atomic E-state index is 5.93. The van der Waals surface area contributed by atoms with Crippen molar-refractivity contribution in [1.29, 1.82) is 0 Å². The van der Waals surface area contributed by atoms with Crippen LogP contribution in [0.5, 0.6) is 0 Å². The van der Waals surface area contributed by atoms with Crippen molar-refractivity contribution in [3.8, 4) is 0 Å². The summed E-state index contributed by atoms with van der Waals surface area (Å²) in [4.78, 5) is 8.20. The molecule has 0 spiro atoms. The van der Waals surface area contributed by atoms with Crippen LogP contribution in [0.1, 0.15) is 26.1 Å². The van der Waals surface area contributed by atoms with Crippen molar-refractivity contribution in [3.63, 3.8) is 0 Å². The Morgan fingerprint density at radius 3 is 2.43 bits per heavy atom. The van der Waals surface area contributed by atoms with E-state index in [1.54, 1.807) is 12.4 Å². The first kappa shape index (κ1) is 11.4. The zero-order chi connectivity index (χ0) is 10.6. The second-order valence-electron chi connectivity index (χ2n) is 3.91. The third kappa shape index (κ3) is 4.03. The third-order valence-corrected chi connectivity index (χ3v) is 2.09. The van der Waals surface area contributed by atoms with E-state index < -0.39 is 0 Å². The highest BCUT2D eigenvalue weighted by Gasteiger charge is 2.08. The summed E-state index contributed by atoms with van der Waals surface area (Å²) in [7, 11) is 0. The summed E-state index contributed by atoms with van der Waals surface area (Å²) in [6, 6.07) is 0.135. The Morgan fingerprint density at radius 2 is 1.93 bits per heavy atom. The molecule has 14 heavy (non-hydrogen) atoms. The molecule has 1 aromatic rings. The van der Waals surface area contributed by atoms with Gasteiger partial charge in [0, 0.05) is 24.9 Å². The Balaban J connectivity index is 2.47. The van der Waals surface area contributed by atoms with Crippen LogP contribution in [-0.4, -0.2) is 16.0 Å². The molecule has 4 heteroatoms. The molecule has 3 nitrogen and oxygen atoms in total. The Labute approximate surface area is 89.7 Å². The minimum absolute atomic E-state index is 0.135. The second-order valence-corrected chi connectivity index (χ2v) is 4.35. The summed E-state index contributed by atoms with van der Waals surface area (Å²) in [5, 5.41) is 0.561. The molecular formula is C10H16ClN3. The SMILES string of the molecule is CC(C)CC(N)Cc1ncc(Cl)cn1. The van der Waals surface area contributed by atoms with Gasteiger partial charge >= 0.3 is 0 Å². The van der Waals surface area contributed by atoms with Crippen molar-refractivity contribution < 1.29 is 0 Å². The molecule has 0 bridgehead atoms. The van der Waals surface area contributed by atoms with Crippen LogP contribution in [0.4, 0.5) is 0 Å². The molecule has 0 aliphatic carbocycles. The lowest BCUT2D eigenvalue weighted by Crippen LogP contribution is -2.25. The Hall–Kier alpha value is -0.670. The first-order valence-electron chi connectivity index (χ1n) is 4.80. The Kier molecular flexibility index (Phi) is 4.29. The van der Waals surface area contributed by atoms with Crippen molar-refractivity contribution in [1.82, 2.24) is 9.97 Å². The van der Waals surface area contributed by atoms with Gasteiger partial charge in [0.05, 0.1) is 5.02 Å². The van der Waals surface area contributed by atoms with Crippen LogP contribution in [0.25, 0.3) is 0 Å². The fraction of sp³-hybridized carbons (Fsp3) is 0.600. The zero-order valence-electron chi connectivity index (χ0n) is 8.57. The van der Waals surface area contributed by atoms with Gasteiger partial charge in [-0.15, -0.1) is 0 Å². The summed E-state index contributed by atoms with van der Waals surface area (Å²) in [5.41, 5.74) is 5.93. The normalized spacial score (nSPS) is 13.2. The first-order chi connectivity index (χ1) is 6.58. The van der Waals surface area contributed by atoms with E-state index in [0.717, 1.165) is 18.7 Å². The second kappa shape index (κ2) is 5.27. The van der Waals surface area contributed by atoms with Crippen LogP contribution in [0.2, 0.25) is 5.02 Å². The molecule has 0 radical (unpaired) electrons. The maximum Gasteiger partial charge on any atom is 0.129 e. The molecule has 1 atom stereocenters. The smallest absolute Gasteiger partial charge is 0.129 e. The average Bonchev–Trinajstić information content (AvgIpc) is 2.07. The van der Waals surface area contributed by atoms with Gasteiger partial charge in [0.15, 0.2) is 0 Å². The van der Waals surface area contributed by atoms with Gasteiger partial charge in [-0.25, -0.2) is 9.97 Å². The first-order valence-corrected chi connectivity index (χ1v) is 5.17. The van der Waals surface area contributed by atoms with Gasteiger partial charge in [-0.1, -0.05) is 25.4 Å². The number of hydrogen-bond donors (Lipinski definition) is 1. The van der Waals surface area contributed by atoms with Gasteiger partial charge in [0.1, 0.15) is 5.82 Å². The van der Waals surface area contributed by atoms with Gasteiger partial charge in [-0.05, 0) is 12.3 Å². The molecular weight excluding hydrogens is 198 g/mol. The predicted octanol–water partition coefficient (Wildman–Crippen LogP) is 2.05. The van der Waals surface area contributed by atoms with Gasteiger partial charge in [0.25, 0.3) is 0 Å². The minimum atomic E-state index is 0.135. The van der Waals surface area contributed by atoms with E-state index in [2.05, 4.69) is 23.8 Å². The highest BCUT2D eigenvalue weighted by molar-refractivity contribution is 6.30. The molecule has 78 valence electrons. The number of halogens is 1. The summed E-state index contributed by atoms with van der Waals surface area (Å²) in [6.07, 6.45) is 4.92. The van der Waals surface area contributed by atoms with Crippen molar-refractivity contribution in [2.24, 2.45) is 11.7 Å². The summed E-state index contributed by atoms with van der Waals surface area (Å²) >= 11 is 5.68. The number of nitrogens with two attached hydrogens (primary N) is 1. The van der Waals surface area contributed by atoms with E-state index in [9.17, 15) is 0 Å². The molecule has 2 N–H and O–H groups in total. The highest BCUT2D eigenvalue weighted by atomic mass is 35.5. The van der Waals surface area contributed by atoms with Gasteiger partial charge in [-0.3, -0.25) is 0 Å². The fourth-order valence-corrected chi connectivity index (χ4v) is 1.47. The zero-order valence-corrected chi connectivity index (χ0v) is 9.33. The van der Waals surface area contributed by atoms with Crippen LogP contribution in [0.3, 0.4) is 0 Å². The van der Waals surface area contributed by atoms with E-state index >= 15 is 0 Å². The minimum Gasteiger partial charge on any atom is -0.327 e. The van der Waals surface area contributed by atoms with Crippen molar-refractivity contribution >= 4 is 11.6 Å². The van der Waals surface area contributed by atoms with Gasteiger partial charge in [0.2, 0.25) is 0 Å². The van der Waals surface area contributed by atoms with Gasteiger partial charge in [-0.2, -0.15) is 0 Å². The highest BCUT2D eigenvalue weighted by Crippen LogP contribution is 2.08. The Bertz CT molecular complexity index is 271. The lowest BCUT2D eigenvalue weighted by Gasteiger charge is -2.12. The van der Waals surface area contributed by atoms with Crippen LogP contribution in [-0.2, 0) is 6.42 Å². The van der Waals surface area contributed by atoms with Crippen molar-refractivity contribution in [2.75, 3.05) is 0 Å². The van der Waals surface area contributed by atoms with Crippen LogP contribution < -0.4 is 5.73 Å². The summed E-state index contributed by atoms with van der Waals surface area (Å²) < 4.78 is 0.